The molecule has 1 aliphatic rings. The molecule has 2 rings (SSSR count). The van der Waals surface area contributed by atoms with Crippen molar-refractivity contribution < 1.29 is 8.78 Å². The Balaban J connectivity index is 0.000000342. The van der Waals surface area contributed by atoms with Gasteiger partial charge in [-0.05, 0) is 58.2 Å². The third kappa shape index (κ3) is 7.56. The second kappa shape index (κ2) is 9.14. The normalized spacial score (nSPS) is 18.4. The van der Waals surface area contributed by atoms with Crippen molar-refractivity contribution in [1.82, 2.24) is 4.90 Å². The van der Waals surface area contributed by atoms with Gasteiger partial charge in [0.25, 0.3) is 0 Å². The Morgan fingerprint density at radius 3 is 2.00 bits per heavy atom. The molecule has 0 spiro atoms. The summed E-state index contributed by atoms with van der Waals surface area (Å²) in [6.07, 6.45) is 1.39. The van der Waals surface area contributed by atoms with Crippen LogP contribution in [0, 0.1) is 24.5 Å². The fraction of sp³-hybridized carbons (Fsp3) is 0.667. The Bertz CT molecular complexity index is 410. The summed E-state index contributed by atoms with van der Waals surface area (Å²) < 4.78 is 24.4. The lowest BCUT2D eigenvalue weighted by molar-refractivity contribution is 0.169. The highest BCUT2D eigenvalue weighted by atomic mass is 19.1. The maximum Gasteiger partial charge on any atom is 0.129 e. The van der Waals surface area contributed by atoms with Crippen molar-refractivity contribution in [3.63, 3.8) is 0 Å². The highest BCUT2D eigenvalue weighted by Gasteiger charge is 2.27. The first-order valence-corrected chi connectivity index (χ1v) is 7.87. The Morgan fingerprint density at radius 2 is 1.71 bits per heavy atom. The molecule has 0 aliphatic carbocycles. The first kappa shape index (κ1) is 20.0. The second-order valence-electron chi connectivity index (χ2n) is 6.40. The number of nitrogens with zero attached hydrogens (tertiary/aromatic N) is 1. The predicted molar refractivity (Wildman–Crippen MR) is 87.6 cm³/mol. The molecule has 21 heavy (non-hydrogen) atoms. The Hall–Kier alpha value is -0.960. The van der Waals surface area contributed by atoms with Gasteiger partial charge in [-0.3, -0.25) is 4.90 Å². The van der Waals surface area contributed by atoms with Crippen LogP contribution in [0.2, 0.25) is 0 Å². The van der Waals surface area contributed by atoms with Gasteiger partial charge in [-0.1, -0.05) is 26.8 Å². The number of halogens is 2. The van der Waals surface area contributed by atoms with Crippen molar-refractivity contribution in [1.29, 1.82) is 0 Å². The lowest BCUT2D eigenvalue weighted by atomic mass is 10.1. The minimum atomic E-state index is -0.530. The lowest BCUT2D eigenvalue weighted by Crippen LogP contribution is -2.39. The number of benzene rings is 1. The van der Waals surface area contributed by atoms with Gasteiger partial charge in [0.05, 0.1) is 0 Å². The highest BCUT2D eigenvalue weighted by molar-refractivity contribution is 5.16. The topological polar surface area (TPSA) is 3.24 Å². The molecule has 0 saturated carbocycles. The van der Waals surface area contributed by atoms with E-state index in [9.17, 15) is 8.78 Å². The molecule has 0 aromatic heterocycles. The summed E-state index contributed by atoms with van der Waals surface area (Å²) in [4.78, 5) is 2.57. The third-order valence-electron chi connectivity index (χ3n) is 3.51. The van der Waals surface area contributed by atoms with Gasteiger partial charge < -0.3 is 0 Å². The van der Waals surface area contributed by atoms with Gasteiger partial charge in [-0.15, -0.1) is 0 Å². The summed E-state index contributed by atoms with van der Waals surface area (Å²) in [5.41, 5.74) is 0.863. The van der Waals surface area contributed by atoms with Crippen molar-refractivity contribution >= 4 is 0 Å². The van der Waals surface area contributed by atoms with E-state index in [0.717, 1.165) is 12.0 Å². The molecule has 0 amide bonds. The smallest absolute Gasteiger partial charge is 0.129 e. The van der Waals surface area contributed by atoms with Crippen molar-refractivity contribution in [3.05, 3.63) is 35.4 Å². The monoisotopic (exact) mass is 299 g/mol. The minimum absolute atomic E-state index is 0.394. The summed E-state index contributed by atoms with van der Waals surface area (Å²) in [5, 5.41) is 0. The van der Waals surface area contributed by atoms with E-state index in [1.807, 2.05) is 13.8 Å². The number of rotatable bonds is 0. The van der Waals surface area contributed by atoms with Gasteiger partial charge in [0.15, 0.2) is 0 Å². The third-order valence-corrected chi connectivity index (χ3v) is 3.51. The van der Waals surface area contributed by atoms with Gasteiger partial charge in [0, 0.05) is 18.2 Å². The summed E-state index contributed by atoms with van der Waals surface area (Å²) in [6.45, 7) is 17.4. The summed E-state index contributed by atoms with van der Waals surface area (Å²) in [6, 6.07) is 3.51. The van der Waals surface area contributed by atoms with E-state index in [1.54, 1.807) is 6.92 Å². The van der Waals surface area contributed by atoms with Gasteiger partial charge in [0.2, 0.25) is 0 Å². The Labute approximate surface area is 129 Å². The molecule has 1 aliphatic heterocycles. The molecule has 1 nitrogen and oxygen atoms in total. The van der Waals surface area contributed by atoms with Crippen LogP contribution in [0.1, 0.15) is 53.5 Å². The van der Waals surface area contributed by atoms with Crippen LogP contribution < -0.4 is 0 Å². The molecule has 1 fully saturated rings. The van der Waals surface area contributed by atoms with Crippen molar-refractivity contribution in [2.24, 2.45) is 5.92 Å². The van der Waals surface area contributed by atoms with Gasteiger partial charge in [0.1, 0.15) is 11.6 Å². The first-order chi connectivity index (χ1) is 9.70. The Morgan fingerprint density at radius 1 is 1.14 bits per heavy atom. The van der Waals surface area contributed by atoms with E-state index < -0.39 is 11.6 Å². The van der Waals surface area contributed by atoms with Crippen LogP contribution in [0.4, 0.5) is 8.78 Å². The van der Waals surface area contributed by atoms with Crippen molar-refractivity contribution in [3.8, 4) is 0 Å². The molecule has 1 aromatic carbocycles. The average molecular weight is 299 g/mol. The fourth-order valence-electron chi connectivity index (χ4n) is 2.11. The van der Waals surface area contributed by atoms with E-state index in [1.165, 1.54) is 31.6 Å². The molecule has 0 bridgehead atoms. The van der Waals surface area contributed by atoms with Crippen LogP contribution in [0.25, 0.3) is 0 Å². The SMILES string of the molecule is CC.CC1CCN(C(C)(C)C)C1.Cc1ccc(F)cc1F. The van der Waals surface area contributed by atoms with E-state index in [2.05, 4.69) is 32.6 Å². The second-order valence-corrected chi connectivity index (χ2v) is 6.40. The van der Waals surface area contributed by atoms with Crippen LogP contribution in [0.15, 0.2) is 18.2 Å². The molecule has 1 aromatic rings. The molecule has 0 radical (unpaired) electrons. The largest absolute Gasteiger partial charge is 0.298 e. The number of hydrogen-bond acceptors (Lipinski definition) is 1. The molecule has 0 N–H and O–H groups in total. The van der Waals surface area contributed by atoms with Crippen molar-refractivity contribution in [2.45, 2.75) is 60.4 Å². The summed E-state index contributed by atoms with van der Waals surface area (Å²) in [5.74, 6) is -0.104. The van der Waals surface area contributed by atoms with Crippen LogP contribution in [0.5, 0.6) is 0 Å². The molecule has 1 atom stereocenters. The molecule has 1 heterocycles. The van der Waals surface area contributed by atoms with Gasteiger partial charge in [-0.2, -0.15) is 0 Å². The Kier molecular flexibility index (Phi) is 8.72. The maximum atomic E-state index is 12.3. The molecule has 122 valence electrons. The van der Waals surface area contributed by atoms with Crippen LogP contribution in [0.3, 0.4) is 0 Å². The van der Waals surface area contributed by atoms with Gasteiger partial charge >= 0.3 is 0 Å². The predicted octanol–water partition coefficient (Wildman–Crippen LogP) is 5.43. The van der Waals surface area contributed by atoms with Crippen LogP contribution in [-0.2, 0) is 0 Å². The number of hydrogen-bond donors (Lipinski definition) is 0. The molecule has 1 saturated heterocycles. The van der Waals surface area contributed by atoms with E-state index >= 15 is 0 Å². The zero-order valence-corrected chi connectivity index (χ0v) is 14.6. The lowest BCUT2D eigenvalue weighted by Gasteiger charge is -2.31. The highest BCUT2D eigenvalue weighted by Crippen LogP contribution is 2.23. The number of likely N-dealkylation sites (tertiary alicyclic amines) is 1. The number of aryl methyl sites for hydroxylation is 1. The fourth-order valence-corrected chi connectivity index (χ4v) is 2.11. The van der Waals surface area contributed by atoms with E-state index in [0.29, 0.717) is 11.1 Å². The molecular formula is C18H31F2N. The standard InChI is InChI=1S/C9H19N.C7H6F2.C2H6/c1-8-5-6-10(7-8)9(2,3)4;1-5-2-3-6(8)4-7(5)9;1-2/h8H,5-7H2,1-4H3;2-4H,1H3;1-2H3. The molecule has 3 heteroatoms. The summed E-state index contributed by atoms with van der Waals surface area (Å²) in [7, 11) is 0. The molecule has 1 unspecified atom stereocenters. The average Bonchev–Trinajstić information content (AvgIpc) is 2.84. The zero-order valence-electron chi connectivity index (χ0n) is 14.6. The first-order valence-electron chi connectivity index (χ1n) is 7.87. The van der Waals surface area contributed by atoms with Gasteiger partial charge in [-0.25, -0.2) is 8.78 Å². The minimum Gasteiger partial charge on any atom is -0.298 e. The molecular weight excluding hydrogens is 268 g/mol. The summed E-state index contributed by atoms with van der Waals surface area (Å²) >= 11 is 0. The van der Waals surface area contributed by atoms with Crippen LogP contribution in [-0.4, -0.2) is 23.5 Å². The van der Waals surface area contributed by atoms with Crippen LogP contribution >= 0.6 is 0 Å². The quantitative estimate of drug-likeness (QED) is 0.617. The van der Waals surface area contributed by atoms with Crippen molar-refractivity contribution in [2.75, 3.05) is 13.1 Å². The maximum absolute atomic E-state index is 12.3. The van der Waals surface area contributed by atoms with E-state index in [4.69, 9.17) is 0 Å². The van der Waals surface area contributed by atoms with E-state index in [-0.39, 0.29) is 0 Å². The zero-order chi connectivity index (χ0) is 16.6.